The standard InChI is InChI=1S/C16H20FN3/c1-12-10-19-5-3-2-4-15(19)11-20(12)16-7-13(9-18)6-14(17)8-16/h6-8,12,15H,2-5,10-11H2,1H3. The Morgan fingerprint density at radius 3 is 2.90 bits per heavy atom. The number of rotatable bonds is 1. The number of nitriles is 1. The number of piperidine rings is 1. The van der Waals surface area contributed by atoms with E-state index in [0.29, 0.717) is 17.6 Å². The minimum absolute atomic E-state index is 0.322. The first-order valence-electron chi connectivity index (χ1n) is 7.39. The lowest BCUT2D eigenvalue weighted by Crippen LogP contribution is -2.58. The van der Waals surface area contributed by atoms with E-state index in [0.717, 1.165) is 18.8 Å². The van der Waals surface area contributed by atoms with Crippen LogP contribution in [0.2, 0.25) is 0 Å². The van der Waals surface area contributed by atoms with Crippen LogP contribution in [-0.4, -0.2) is 36.6 Å². The zero-order chi connectivity index (χ0) is 14.1. The van der Waals surface area contributed by atoms with Gasteiger partial charge in [0.2, 0.25) is 0 Å². The first-order chi connectivity index (χ1) is 9.67. The Kier molecular flexibility index (Phi) is 3.62. The average Bonchev–Trinajstić information content (AvgIpc) is 2.45. The van der Waals surface area contributed by atoms with Gasteiger partial charge in [0.05, 0.1) is 11.6 Å². The van der Waals surface area contributed by atoms with Gasteiger partial charge in [-0.2, -0.15) is 5.26 Å². The van der Waals surface area contributed by atoms with Crippen LogP contribution in [0.4, 0.5) is 10.1 Å². The normalized spacial score (nSPS) is 26.9. The molecular formula is C16H20FN3. The molecule has 3 nitrogen and oxygen atoms in total. The van der Waals surface area contributed by atoms with Gasteiger partial charge in [-0.15, -0.1) is 0 Å². The third kappa shape index (κ3) is 2.51. The van der Waals surface area contributed by atoms with Gasteiger partial charge < -0.3 is 4.90 Å². The minimum atomic E-state index is -0.322. The summed E-state index contributed by atoms with van der Waals surface area (Å²) in [6, 6.07) is 7.63. The van der Waals surface area contributed by atoms with Crippen molar-refractivity contribution in [3.8, 4) is 6.07 Å². The summed E-state index contributed by atoms with van der Waals surface area (Å²) < 4.78 is 13.6. The van der Waals surface area contributed by atoms with Gasteiger partial charge in [-0.1, -0.05) is 6.42 Å². The Morgan fingerprint density at radius 2 is 2.10 bits per heavy atom. The van der Waals surface area contributed by atoms with Crippen LogP contribution in [0.1, 0.15) is 31.7 Å². The summed E-state index contributed by atoms with van der Waals surface area (Å²) in [5.74, 6) is -0.322. The van der Waals surface area contributed by atoms with Gasteiger partial charge in [0.1, 0.15) is 5.82 Å². The molecule has 20 heavy (non-hydrogen) atoms. The zero-order valence-corrected chi connectivity index (χ0v) is 11.8. The van der Waals surface area contributed by atoms with Gasteiger partial charge in [0.15, 0.2) is 0 Å². The van der Waals surface area contributed by atoms with Crippen LogP contribution >= 0.6 is 0 Å². The highest BCUT2D eigenvalue weighted by Gasteiger charge is 2.33. The molecule has 0 bridgehead atoms. The highest BCUT2D eigenvalue weighted by molar-refractivity contribution is 5.53. The Bertz CT molecular complexity index is 537. The van der Waals surface area contributed by atoms with E-state index < -0.39 is 0 Å². The Labute approximate surface area is 119 Å². The monoisotopic (exact) mass is 273 g/mol. The molecule has 2 aliphatic heterocycles. The number of halogens is 1. The third-order valence-corrected chi connectivity index (χ3v) is 4.53. The number of piperazine rings is 1. The Morgan fingerprint density at radius 1 is 1.25 bits per heavy atom. The number of fused-ring (bicyclic) bond motifs is 1. The van der Waals surface area contributed by atoms with Crippen LogP contribution in [0.25, 0.3) is 0 Å². The van der Waals surface area contributed by atoms with Crippen LogP contribution in [0.5, 0.6) is 0 Å². The van der Waals surface area contributed by atoms with E-state index in [2.05, 4.69) is 16.7 Å². The van der Waals surface area contributed by atoms with Crippen molar-refractivity contribution >= 4 is 5.69 Å². The Balaban J connectivity index is 1.86. The molecule has 0 aromatic heterocycles. The molecule has 0 spiro atoms. The molecule has 1 aromatic rings. The second-order valence-corrected chi connectivity index (χ2v) is 5.96. The average molecular weight is 273 g/mol. The van der Waals surface area contributed by atoms with Crippen molar-refractivity contribution in [1.82, 2.24) is 4.90 Å². The fraction of sp³-hybridized carbons (Fsp3) is 0.562. The van der Waals surface area contributed by atoms with Crippen molar-refractivity contribution in [1.29, 1.82) is 5.26 Å². The molecular weight excluding hydrogens is 253 g/mol. The number of nitrogens with zero attached hydrogens (tertiary/aromatic N) is 3. The highest BCUT2D eigenvalue weighted by atomic mass is 19.1. The number of anilines is 1. The van der Waals surface area contributed by atoms with E-state index in [-0.39, 0.29) is 5.82 Å². The Hall–Kier alpha value is -1.60. The lowest BCUT2D eigenvalue weighted by Gasteiger charge is -2.48. The van der Waals surface area contributed by atoms with E-state index in [4.69, 9.17) is 5.26 Å². The second-order valence-electron chi connectivity index (χ2n) is 5.96. The first kappa shape index (κ1) is 13.4. The minimum Gasteiger partial charge on any atom is -0.366 e. The molecule has 4 heteroatoms. The molecule has 2 unspecified atom stereocenters. The van der Waals surface area contributed by atoms with Crippen LogP contribution in [0.3, 0.4) is 0 Å². The van der Waals surface area contributed by atoms with Gasteiger partial charge in [-0.3, -0.25) is 4.90 Å². The number of hydrogen-bond acceptors (Lipinski definition) is 3. The van der Waals surface area contributed by atoms with E-state index in [1.807, 2.05) is 6.07 Å². The van der Waals surface area contributed by atoms with Crippen LogP contribution < -0.4 is 4.90 Å². The van der Waals surface area contributed by atoms with Crippen LogP contribution in [0, 0.1) is 17.1 Å². The van der Waals surface area contributed by atoms with Crippen molar-refractivity contribution in [3.63, 3.8) is 0 Å². The topological polar surface area (TPSA) is 30.3 Å². The van der Waals surface area contributed by atoms with Crippen molar-refractivity contribution < 1.29 is 4.39 Å². The van der Waals surface area contributed by atoms with E-state index in [1.165, 1.54) is 31.9 Å². The number of benzene rings is 1. The highest BCUT2D eigenvalue weighted by Crippen LogP contribution is 2.29. The van der Waals surface area contributed by atoms with Crippen molar-refractivity contribution in [2.24, 2.45) is 0 Å². The fourth-order valence-electron chi connectivity index (χ4n) is 3.52. The molecule has 2 aliphatic rings. The fourth-order valence-corrected chi connectivity index (χ4v) is 3.52. The first-order valence-corrected chi connectivity index (χ1v) is 7.39. The van der Waals surface area contributed by atoms with Crippen molar-refractivity contribution in [2.45, 2.75) is 38.3 Å². The zero-order valence-electron chi connectivity index (χ0n) is 11.8. The summed E-state index contributed by atoms with van der Waals surface area (Å²) >= 11 is 0. The smallest absolute Gasteiger partial charge is 0.126 e. The molecule has 106 valence electrons. The number of hydrogen-bond donors (Lipinski definition) is 0. The molecule has 0 saturated carbocycles. The maximum atomic E-state index is 13.6. The molecule has 0 radical (unpaired) electrons. The van der Waals surface area contributed by atoms with Gasteiger partial charge in [-0.05, 0) is 44.5 Å². The van der Waals surface area contributed by atoms with Gasteiger partial charge in [0, 0.05) is 30.9 Å². The summed E-state index contributed by atoms with van der Waals surface area (Å²) in [4.78, 5) is 4.82. The lowest BCUT2D eigenvalue weighted by atomic mass is 9.96. The van der Waals surface area contributed by atoms with E-state index >= 15 is 0 Å². The third-order valence-electron chi connectivity index (χ3n) is 4.53. The largest absolute Gasteiger partial charge is 0.366 e. The summed E-state index contributed by atoms with van der Waals surface area (Å²) in [5.41, 5.74) is 1.25. The molecule has 0 N–H and O–H groups in total. The molecule has 0 amide bonds. The SMILES string of the molecule is CC1CN2CCCCC2CN1c1cc(F)cc(C#N)c1. The van der Waals surface area contributed by atoms with E-state index in [9.17, 15) is 4.39 Å². The molecule has 2 heterocycles. The van der Waals surface area contributed by atoms with Crippen LogP contribution in [0.15, 0.2) is 18.2 Å². The maximum Gasteiger partial charge on any atom is 0.126 e. The molecule has 2 saturated heterocycles. The lowest BCUT2D eigenvalue weighted by molar-refractivity contribution is 0.115. The van der Waals surface area contributed by atoms with Crippen LogP contribution in [-0.2, 0) is 0 Å². The maximum absolute atomic E-state index is 13.6. The predicted molar refractivity (Wildman–Crippen MR) is 77.1 cm³/mol. The molecule has 2 fully saturated rings. The summed E-state index contributed by atoms with van der Waals surface area (Å²) in [6.07, 6.45) is 3.81. The predicted octanol–water partition coefficient (Wildman–Crippen LogP) is 2.76. The molecule has 0 aliphatic carbocycles. The van der Waals surface area contributed by atoms with Gasteiger partial charge in [0.25, 0.3) is 0 Å². The summed E-state index contributed by atoms with van der Waals surface area (Å²) in [7, 11) is 0. The van der Waals surface area contributed by atoms with Gasteiger partial charge >= 0.3 is 0 Å². The summed E-state index contributed by atoms with van der Waals surface area (Å²) in [5, 5.41) is 8.99. The molecule has 3 rings (SSSR count). The van der Waals surface area contributed by atoms with Crippen molar-refractivity contribution in [2.75, 3.05) is 24.5 Å². The van der Waals surface area contributed by atoms with Crippen molar-refractivity contribution in [3.05, 3.63) is 29.6 Å². The quantitative estimate of drug-likeness (QED) is 0.788. The molecule has 1 aromatic carbocycles. The summed E-state index contributed by atoms with van der Waals surface area (Å²) in [6.45, 7) is 5.34. The van der Waals surface area contributed by atoms with Gasteiger partial charge in [-0.25, -0.2) is 4.39 Å². The molecule has 2 atom stereocenters. The second kappa shape index (κ2) is 5.41. The van der Waals surface area contributed by atoms with E-state index in [1.54, 1.807) is 12.1 Å².